The molecule has 4 nitrogen and oxygen atoms in total. The second-order valence-corrected chi connectivity index (χ2v) is 4.16. The van der Waals surface area contributed by atoms with Crippen molar-refractivity contribution in [2.75, 3.05) is 0 Å². The van der Waals surface area contributed by atoms with Gasteiger partial charge in [0.1, 0.15) is 6.04 Å². The Balaban J connectivity index is 2.13. The number of urea groups is 1. The van der Waals surface area contributed by atoms with E-state index in [4.69, 9.17) is 11.6 Å². The molecule has 1 aromatic rings. The van der Waals surface area contributed by atoms with Crippen molar-refractivity contribution in [1.82, 2.24) is 10.2 Å². The Morgan fingerprint density at radius 3 is 2.44 bits per heavy atom. The lowest BCUT2D eigenvalue weighted by molar-refractivity contribution is -0.121. The zero-order chi connectivity index (χ0) is 11.7. The zero-order valence-corrected chi connectivity index (χ0v) is 9.49. The van der Waals surface area contributed by atoms with Crippen molar-refractivity contribution in [3.8, 4) is 0 Å². The van der Waals surface area contributed by atoms with Gasteiger partial charge in [0, 0.05) is 11.6 Å². The molecule has 5 heteroatoms. The van der Waals surface area contributed by atoms with Crippen LogP contribution in [0.2, 0.25) is 5.02 Å². The molecule has 1 heterocycles. The number of nitrogens with zero attached hydrogens (tertiary/aromatic N) is 1. The first-order valence-electron chi connectivity index (χ1n) is 4.94. The molecule has 0 bridgehead atoms. The molecule has 0 radical (unpaired) electrons. The van der Waals surface area contributed by atoms with Crippen LogP contribution in [0.25, 0.3) is 0 Å². The minimum Gasteiger partial charge on any atom is -0.308 e. The van der Waals surface area contributed by atoms with E-state index in [-0.39, 0.29) is 11.9 Å². The molecule has 84 valence electrons. The molecule has 3 amide bonds. The molecule has 1 aliphatic rings. The second kappa shape index (κ2) is 4.14. The third-order valence-corrected chi connectivity index (χ3v) is 2.86. The zero-order valence-electron chi connectivity index (χ0n) is 8.74. The van der Waals surface area contributed by atoms with Gasteiger partial charge in [-0.25, -0.2) is 4.79 Å². The molecule has 0 saturated carbocycles. The van der Waals surface area contributed by atoms with Gasteiger partial charge < -0.3 is 4.90 Å². The van der Waals surface area contributed by atoms with Crippen LogP contribution in [0, 0.1) is 0 Å². The smallest absolute Gasteiger partial charge is 0.308 e. The molecule has 1 N–H and O–H groups in total. The number of benzene rings is 1. The molecule has 2 rings (SSSR count). The Morgan fingerprint density at radius 2 is 1.94 bits per heavy atom. The number of nitrogens with one attached hydrogen (secondary N) is 1. The predicted octanol–water partition coefficient (Wildman–Crippen LogP) is 1.78. The van der Waals surface area contributed by atoms with Crippen LogP contribution < -0.4 is 5.32 Å². The van der Waals surface area contributed by atoms with Gasteiger partial charge in [0.15, 0.2) is 0 Å². The van der Waals surface area contributed by atoms with Gasteiger partial charge in [-0.3, -0.25) is 10.1 Å². The molecule has 0 aliphatic carbocycles. The number of carbonyl (C=O) groups excluding carboxylic acids is 2. The molecular formula is C11H11ClN2O2. The summed E-state index contributed by atoms with van der Waals surface area (Å²) in [5, 5.41) is 2.92. The van der Waals surface area contributed by atoms with Crippen molar-refractivity contribution in [3.05, 3.63) is 34.9 Å². The summed E-state index contributed by atoms with van der Waals surface area (Å²) in [7, 11) is 0. The number of halogens is 1. The highest BCUT2D eigenvalue weighted by Crippen LogP contribution is 2.15. The number of carbonyl (C=O) groups is 2. The molecule has 1 saturated heterocycles. The quantitative estimate of drug-likeness (QED) is 0.799. The van der Waals surface area contributed by atoms with Crippen molar-refractivity contribution < 1.29 is 9.59 Å². The summed E-state index contributed by atoms with van der Waals surface area (Å²) in [6.45, 7) is 2.12. The Morgan fingerprint density at radius 1 is 1.31 bits per heavy atom. The summed E-state index contributed by atoms with van der Waals surface area (Å²) < 4.78 is 0. The maximum Gasteiger partial charge on any atom is 0.325 e. The van der Waals surface area contributed by atoms with Gasteiger partial charge in [-0.2, -0.15) is 0 Å². The normalized spacial score (nSPS) is 20.1. The van der Waals surface area contributed by atoms with Crippen LogP contribution in [0.4, 0.5) is 4.79 Å². The fraction of sp³-hybridized carbons (Fsp3) is 0.273. The summed E-state index contributed by atoms with van der Waals surface area (Å²) in [6, 6.07) is 6.45. The third kappa shape index (κ3) is 2.02. The van der Waals surface area contributed by atoms with E-state index in [9.17, 15) is 9.59 Å². The number of imide groups is 1. The largest absolute Gasteiger partial charge is 0.325 e. The lowest BCUT2D eigenvalue weighted by atomic mass is 10.2. The molecule has 1 atom stereocenters. The first kappa shape index (κ1) is 11.0. The van der Waals surface area contributed by atoms with E-state index in [1.165, 1.54) is 4.90 Å². The van der Waals surface area contributed by atoms with Gasteiger partial charge >= 0.3 is 6.03 Å². The van der Waals surface area contributed by atoms with E-state index in [1.54, 1.807) is 19.1 Å². The topological polar surface area (TPSA) is 49.4 Å². The SMILES string of the molecule is CC1C(=O)NC(=O)N1Cc1ccc(Cl)cc1. The highest BCUT2D eigenvalue weighted by molar-refractivity contribution is 6.30. The minimum absolute atomic E-state index is 0.251. The van der Waals surface area contributed by atoms with Crippen LogP contribution >= 0.6 is 11.6 Å². The highest BCUT2D eigenvalue weighted by Gasteiger charge is 2.34. The van der Waals surface area contributed by atoms with Gasteiger partial charge in [0.05, 0.1) is 0 Å². The molecule has 1 aromatic carbocycles. The lowest BCUT2D eigenvalue weighted by Crippen LogP contribution is -2.32. The number of amides is 3. The number of hydrogen-bond acceptors (Lipinski definition) is 2. The summed E-state index contributed by atoms with van der Waals surface area (Å²) in [4.78, 5) is 24.2. The van der Waals surface area contributed by atoms with Crippen LogP contribution in [0.15, 0.2) is 24.3 Å². The van der Waals surface area contributed by atoms with E-state index in [0.717, 1.165) is 5.56 Å². The summed E-state index contributed by atoms with van der Waals surface area (Å²) >= 11 is 5.76. The second-order valence-electron chi connectivity index (χ2n) is 3.72. The van der Waals surface area contributed by atoms with Crippen LogP contribution in [-0.4, -0.2) is 22.9 Å². The highest BCUT2D eigenvalue weighted by atomic mass is 35.5. The van der Waals surface area contributed by atoms with E-state index in [1.807, 2.05) is 12.1 Å². The van der Waals surface area contributed by atoms with Crippen molar-refractivity contribution in [2.24, 2.45) is 0 Å². The molecule has 0 aromatic heterocycles. The van der Waals surface area contributed by atoms with E-state index in [0.29, 0.717) is 11.6 Å². The Hall–Kier alpha value is -1.55. The average molecular weight is 239 g/mol. The van der Waals surface area contributed by atoms with Gasteiger partial charge in [0.2, 0.25) is 0 Å². The van der Waals surface area contributed by atoms with Gasteiger partial charge in [-0.05, 0) is 24.6 Å². The van der Waals surface area contributed by atoms with Gasteiger partial charge in [0.25, 0.3) is 5.91 Å². The predicted molar refractivity (Wildman–Crippen MR) is 60.0 cm³/mol. The first-order valence-corrected chi connectivity index (χ1v) is 5.31. The molecule has 1 unspecified atom stereocenters. The molecule has 1 fully saturated rings. The van der Waals surface area contributed by atoms with Crippen molar-refractivity contribution in [3.63, 3.8) is 0 Å². The number of hydrogen-bond donors (Lipinski definition) is 1. The maximum atomic E-state index is 11.4. The van der Waals surface area contributed by atoms with Crippen LogP contribution in [-0.2, 0) is 11.3 Å². The monoisotopic (exact) mass is 238 g/mol. The fourth-order valence-corrected chi connectivity index (χ4v) is 1.72. The first-order chi connectivity index (χ1) is 7.58. The Kier molecular flexibility index (Phi) is 2.83. The van der Waals surface area contributed by atoms with Crippen molar-refractivity contribution >= 4 is 23.5 Å². The number of rotatable bonds is 2. The van der Waals surface area contributed by atoms with Crippen LogP contribution in [0.1, 0.15) is 12.5 Å². The van der Waals surface area contributed by atoms with E-state index < -0.39 is 6.04 Å². The summed E-state index contributed by atoms with van der Waals surface area (Å²) in [6.07, 6.45) is 0. The summed E-state index contributed by atoms with van der Waals surface area (Å²) in [5.74, 6) is -0.251. The molecule has 0 spiro atoms. The van der Waals surface area contributed by atoms with E-state index in [2.05, 4.69) is 5.32 Å². The molecule has 16 heavy (non-hydrogen) atoms. The lowest BCUT2D eigenvalue weighted by Gasteiger charge is -2.18. The Bertz CT molecular complexity index is 430. The third-order valence-electron chi connectivity index (χ3n) is 2.60. The summed E-state index contributed by atoms with van der Waals surface area (Å²) in [5.41, 5.74) is 0.945. The Labute approximate surface area is 98.2 Å². The van der Waals surface area contributed by atoms with Gasteiger partial charge in [-0.1, -0.05) is 23.7 Å². The van der Waals surface area contributed by atoms with Crippen molar-refractivity contribution in [1.29, 1.82) is 0 Å². The van der Waals surface area contributed by atoms with Crippen LogP contribution in [0.5, 0.6) is 0 Å². The average Bonchev–Trinajstić information content (AvgIpc) is 2.48. The van der Waals surface area contributed by atoms with Crippen LogP contribution in [0.3, 0.4) is 0 Å². The standard InChI is InChI=1S/C11H11ClN2O2/c1-7-10(15)13-11(16)14(7)6-8-2-4-9(12)5-3-8/h2-5,7H,6H2,1H3,(H,13,15,16). The fourth-order valence-electron chi connectivity index (χ4n) is 1.59. The van der Waals surface area contributed by atoms with Crippen molar-refractivity contribution in [2.45, 2.75) is 19.5 Å². The minimum atomic E-state index is -0.414. The molecular weight excluding hydrogens is 228 g/mol. The van der Waals surface area contributed by atoms with Gasteiger partial charge in [-0.15, -0.1) is 0 Å². The molecule has 1 aliphatic heterocycles. The van der Waals surface area contributed by atoms with E-state index >= 15 is 0 Å². The maximum absolute atomic E-state index is 11.4.